The van der Waals surface area contributed by atoms with Crippen LogP contribution in [0.4, 0.5) is 5.13 Å². The fourth-order valence-electron chi connectivity index (χ4n) is 2.47. The molecule has 0 bridgehead atoms. The van der Waals surface area contributed by atoms with E-state index in [0.717, 1.165) is 14.4 Å². The first kappa shape index (κ1) is 22.4. The zero-order valence-corrected chi connectivity index (χ0v) is 19.3. The molecular weight excluding hydrogens is 440 g/mol. The van der Waals surface area contributed by atoms with Gasteiger partial charge >= 0.3 is 0 Å². The first-order chi connectivity index (χ1) is 14.3. The minimum atomic E-state index is -3.59. The van der Waals surface area contributed by atoms with Crippen molar-refractivity contribution in [2.75, 3.05) is 26.0 Å². The smallest absolute Gasteiger partial charge is 0.242 e. The maximum atomic E-state index is 12.5. The molecule has 30 heavy (non-hydrogen) atoms. The number of ketones is 1. The number of hydrogen-bond donors (Lipinski definition) is 1. The molecule has 0 aliphatic carbocycles. The maximum Gasteiger partial charge on any atom is 0.242 e. The highest BCUT2D eigenvalue weighted by Crippen LogP contribution is 2.28. The van der Waals surface area contributed by atoms with Crippen LogP contribution in [-0.2, 0) is 15.8 Å². The number of carbonyl (C=O) groups is 1. The summed E-state index contributed by atoms with van der Waals surface area (Å²) in [6.07, 6.45) is 0. The molecule has 3 rings (SSSR count). The summed E-state index contributed by atoms with van der Waals surface area (Å²) in [6, 6.07) is 14.4. The quantitative estimate of drug-likeness (QED) is 0.383. The number of anilines is 1. The van der Waals surface area contributed by atoms with Crippen LogP contribution in [0.15, 0.2) is 57.8 Å². The lowest BCUT2D eigenvalue weighted by atomic mass is 10.1. The molecule has 3 aromatic rings. The van der Waals surface area contributed by atoms with Gasteiger partial charge in [0.05, 0.1) is 11.4 Å². The number of nitrogens with one attached hydrogen (secondary N) is 1. The minimum Gasteiger partial charge on any atom is -0.353 e. The number of aryl methyl sites for hydroxylation is 1. The SMILES string of the molecule is Cc1ccc(CSc2nnc(NCC(=O)c3cccc(S(=O)(=O)N(C)C)c3)s2)cc1. The van der Waals surface area contributed by atoms with Crippen LogP contribution in [0.2, 0.25) is 0 Å². The summed E-state index contributed by atoms with van der Waals surface area (Å²) in [5, 5.41) is 11.7. The van der Waals surface area contributed by atoms with Crippen LogP contribution in [0.1, 0.15) is 21.5 Å². The first-order valence-electron chi connectivity index (χ1n) is 9.07. The summed E-state index contributed by atoms with van der Waals surface area (Å²) in [7, 11) is -0.683. The van der Waals surface area contributed by atoms with E-state index in [9.17, 15) is 13.2 Å². The highest BCUT2D eigenvalue weighted by atomic mass is 32.2. The summed E-state index contributed by atoms with van der Waals surface area (Å²) < 4.78 is 26.4. The summed E-state index contributed by atoms with van der Waals surface area (Å²) in [5.74, 6) is 0.566. The van der Waals surface area contributed by atoms with Crippen LogP contribution in [-0.4, -0.2) is 49.3 Å². The monoisotopic (exact) mass is 462 g/mol. The Labute approximate surface area is 184 Å². The van der Waals surface area contributed by atoms with E-state index >= 15 is 0 Å². The molecule has 0 unspecified atom stereocenters. The fraction of sp³-hybridized carbons (Fsp3) is 0.250. The molecular formula is C20H22N4O3S3. The molecule has 158 valence electrons. The van der Waals surface area contributed by atoms with Gasteiger partial charge in [-0.3, -0.25) is 4.79 Å². The van der Waals surface area contributed by atoms with Crippen LogP contribution >= 0.6 is 23.1 Å². The number of carbonyl (C=O) groups excluding carboxylic acids is 1. The lowest BCUT2D eigenvalue weighted by molar-refractivity contribution is 0.101. The van der Waals surface area contributed by atoms with E-state index in [1.54, 1.807) is 23.9 Å². The number of aromatic nitrogens is 2. The van der Waals surface area contributed by atoms with Crippen molar-refractivity contribution in [1.82, 2.24) is 14.5 Å². The molecule has 0 atom stereocenters. The second kappa shape index (κ2) is 9.69. The van der Waals surface area contributed by atoms with E-state index in [0.29, 0.717) is 10.7 Å². The van der Waals surface area contributed by atoms with Gasteiger partial charge in [0.1, 0.15) is 0 Å². The first-order valence-corrected chi connectivity index (χ1v) is 12.3. The van der Waals surface area contributed by atoms with Gasteiger partial charge in [0, 0.05) is 25.4 Å². The van der Waals surface area contributed by atoms with Crippen LogP contribution in [0, 0.1) is 6.92 Å². The number of rotatable bonds is 9. The van der Waals surface area contributed by atoms with Crippen molar-refractivity contribution >= 4 is 44.0 Å². The van der Waals surface area contributed by atoms with Crippen molar-refractivity contribution in [3.05, 3.63) is 65.2 Å². The van der Waals surface area contributed by atoms with E-state index in [1.807, 2.05) is 0 Å². The Morgan fingerprint density at radius 2 is 1.87 bits per heavy atom. The number of benzene rings is 2. The lowest BCUT2D eigenvalue weighted by Gasteiger charge is -2.12. The Kier molecular flexibility index (Phi) is 7.24. The topological polar surface area (TPSA) is 92.3 Å². The highest BCUT2D eigenvalue weighted by molar-refractivity contribution is 8.00. The Bertz CT molecular complexity index is 1130. The van der Waals surface area contributed by atoms with Gasteiger partial charge in [0.2, 0.25) is 15.2 Å². The predicted octanol–water partition coefficient (Wildman–Crippen LogP) is 3.68. The molecule has 0 amide bonds. The zero-order chi connectivity index (χ0) is 21.7. The van der Waals surface area contributed by atoms with Crippen LogP contribution in [0.3, 0.4) is 0 Å². The van der Waals surface area contributed by atoms with Gasteiger partial charge in [0.25, 0.3) is 0 Å². The van der Waals surface area contributed by atoms with Gasteiger partial charge in [-0.15, -0.1) is 10.2 Å². The fourth-order valence-corrected chi connectivity index (χ4v) is 5.12. The molecule has 1 heterocycles. The van der Waals surface area contributed by atoms with Gasteiger partial charge in [-0.2, -0.15) is 0 Å². The van der Waals surface area contributed by atoms with Crippen LogP contribution in [0.25, 0.3) is 0 Å². The van der Waals surface area contributed by atoms with Crippen molar-refractivity contribution in [3.63, 3.8) is 0 Å². The Balaban J connectivity index is 1.57. The summed E-state index contributed by atoms with van der Waals surface area (Å²) in [5.41, 5.74) is 2.75. The molecule has 0 spiro atoms. The van der Waals surface area contributed by atoms with Crippen LogP contribution < -0.4 is 5.32 Å². The number of sulfonamides is 1. The van der Waals surface area contributed by atoms with Gasteiger partial charge in [0.15, 0.2) is 10.1 Å². The molecule has 2 aromatic carbocycles. The number of nitrogens with zero attached hydrogens (tertiary/aromatic N) is 3. The number of hydrogen-bond acceptors (Lipinski definition) is 8. The average Bonchev–Trinajstić information content (AvgIpc) is 3.19. The Hall–Kier alpha value is -2.27. The molecule has 0 aliphatic heterocycles. The molecule has 7 nitrogen and oxygen atoms in total. The second-order valence-corrected chi connectivity index (χ2v) is 11.1. The largest absolute Gasteiger partial charge is 0.353 e. The Morgan fingerprint density at radius 3 is 2.57 bits per heavy atom. The predicted molar refractivity (Wildman–Crippen MR) is 121 cm³/mol. The van der Waals surface area contributed by atoms with Crippen molar-refractivity contribution in [1.29, 1.82) is 0 Å². The molecule has 0 fully saturated rings. The summed E-state index contributed by atoms with van der Waals surface area (Å²) in [4.78, 5) is 12.6. The van der Waals surface area contributed by atoms with Gasteiger partial charge < -0.3 is 5.32 Å². The highest BCUT2D eigenvalue weighted by Gasteiger charge is 2.19. The third kappa shape index (κ3) is 5.66. The molecule has 0 saturated carbocycles. The van der Waals surface area contributed by atoms with E-state index in [1.165, 1.54) is 48.7 Å². The van der Waals surface area contributed by atoms with Crippen molar-refractivity contribution in [3.8, 4) is 0 Å². The van der Waals surface area contributed by atoms with E-state index < -0.39 is 10.0 Å². The van der Waals surface area contributed by atoms with Crippen molar-refractivity contribution in [2.45, 2.75) is 21.9 Å². The van der Waals surface area contributed by atoms with Gasteiger partial charge in [-0.05, 0) is 24.6 Å². The molecule has 1 aromatic heterocycles. The van der Waals surface area contributed by atoms with E-state index in [2.05, 4.69) is 46.7 Å². The van der Waals surface area contributed by atoms with Crippen LogP contribution in [0.5, 0.6) is 0 Å². The maximum absolute atomic E-state index is 12.5. The van der Waals surface area contributed by atoms with Crippen molar-refractivity contribution < 1.29 is 13.2 Å². The molecule has 10 heteroatoms. The number of Topliss-reactive ketones (excluding diaryl/α,β-unsaturated/α-hetero) is 1. The molecule has 0 aliphatic rings. The lowest BCUT2D eigenvalue weighted by Crippen LogP contribution is -2.22. The van der Waals surface area contributed by atoms with Gasteiger partial charge in [-0.25, -0.2) is 12.7 Å². The Morgan fingerprint density at radius 1 is 1.13 bits per heavy atom. The normalized spacial score (nSPS) is 11.6. The minimum absolute atomic E-state index is 0.00271. The van der Waals surface area contributed by atoms with E-state index in [-0.39, 0.29) is 17.2 Å². The molecule has 1 N–H and O–H groups in total. The third-order valence-corrected chi connectivity index (χ3v) is 8.12. The second-order valence-electron chi connectivity index (χ2n) is 6.74. The zero-order valence-electron chi connectivity index (χ0n) is 16.8. The summed E-state index contributed by atoms with van der Waals surface area (Å²) in [6.45, 7) is 2.06. The summed E-state index contributed by atoms with van der Waals surface area (Å²) >= 11 is 2.97. The third-order valence-electron chi connectivity index (χ3n) is 4.22. The number of thioether (sulfide) groups is 1. The molecule has 0 radical (unpaired) electrons. The van der Waals surface area contributed by atoms with Crippen molar-refractivity contribution in [2.24, 2.45) is 0 Å². The molecule has 0 saturated heterocycles. The van der Waals surface area contributed by atoms with E-state index in [4.69, 9.17) is 0 Å². The van der Waals surface area contributed by atoms with Gasteiger partial charge in [-0.1, -0.05) is 65.1 Å². The standard InChI is InChI=1S/C20H22N4O3S3/c1-14-7-9-15(10-8-14)13-28-20-23-22-19(29-20)21-12-18(25)16-5-4-6-17(11-16)30(26,27)24(2)3/h4-11H,12-13H2,1-3H3,(H,21,22). The average molecular weight is 463 g/mol.